The molecule has 0 saturated carbocycles. The molecule has 0 aliphatic rings. The van der Waals surface area contributed by atoms with Crippen molar-refractivity contribution < 1.29 is 18.6 Å². The molecular formula is C14H16N3O3+. The van der Waals surface area contributed by atoms with Crippen molar-refractivity contribution in [1.82, 2.24) is 10.6 Å². The van der Waals surface area contributed by atoms with Crippen LogP contribution in [0.4, 0.5) is 4.79 Å². The van der Waals surface area contributed by atoms with Crippen molar-refractivity contribution in [2.24, 2.45) is 0 Å². The minimum absolute atomic E-state index is 0.0981. The highest BCUT2D eigenvalue weighted by Gasteiger charge is 2.14. The summed E-state index contributed by atoms with van der Waals surface area (Å²) in [5, 5.41) is 4.81. The van der Waals surface area contributed by atoms with Crippen LogP contribution < -0.4 is 15.2 Å². The number of nitrogens with one attached hydrogen (secondary N) is 2. The number of carbonyl (C=O) groups is 2. The zero-order valence-electron chi connectivity index (χ0n) is 11.1. The van der Waals surface area contributed by atoms with E-state index in [4.69, 9.17) is 4.42 Å². The number of hydrogen-bond acceptors (Lipinski definition) is 3. The highest BCUT2D eigenvalue weighted by Crippen LogP contribution is 1.97. The van der Waals surface area contributed by atoms with Crippen LogP contribution in [0.5, 0.6) is 0 Å². The molecule has 2 heterocycles. The Morgan fingerprint density at radius 3 is 2.80 bits per heavy atom. The van der Waals surface area contributed by atoms with Crippen LogP contribution in [0.15, 0.2) is 47.2 Å². The van der Waals surface area contributed by atoms with Crippen LogP contribution in [0.1, 0.15) is 11.5 Å². The van der Waals surface area contributed by atoms with E-state index in [0.29, 0.717) is 5.76 Å². The van der Waals surface area contributed by atoms with Gasteiger partial charge in [-0.2, -0.15) is 4.57 Å². The Labute approximate surface area is 116 Å². The second-order valence-corrected chi connectivity index (χ2v) is 4.28. The summed E-state index contributed by atoms with van der Waals surface area (Å²) in [6.07, 6.45) is 3.31. The summed E-state index contributed by atoms with van der Waals surface area (Å²) in [5.74, 6) is 0.252. The first-order valence-corrected chi connectivity index (χ1v) is 6.20. The predicted molar refractivity (Wildman–Crippen MR) is 70.5 cm³/mol. The fraction of sp³-hybridized carbons (Fsp3) is 0.214. The van der Waals surface area contributed by atoms with Gasteiger partial charge in [-0.25, -0.2) is 4.79 Å². The highest BCUT2D eigenvalue weighted by molar-refractivity contribution is 5.93. The topological polar surface area (TPSA) is 75.2 Å². The molecule has 0 spiro atoms. The Balaban J connectivity index is 1.79. The minimum atomic E-state index is -0.541. The third-order valence-corrected chi connectivity index (χ3v) is 2.74. The zero-order valence-corrected chi connectivity index (χ0v) is 11.1. The number of rotatable bonds is 4. The van der Waals surface area contributed by atoms with Gasteiger partial charge in [0.15, 0.2) is 11.9 Å². The average Bonchev–Trinajstić information content (AvgIpc) is 2.92. The second kappa shape index (κ2) is 6.51. The first-order chi connectivity index (χ1) is 9.65. The summed E-state index contributed by atoms with van der Waals surface area (Å²) in [5.41, 5.74) is 0.943. The van der Waals surface area contributed by atoms with Crippen LogP contribution >= 0.6 is 0 Å². The van der Waals surface area contributed by atoms with Crippen molar-refractivity contribution in [2.75, 3.05) is 0 Å². The summed E-state index contributed by atoms with van der Waals surface area (Å²) >= 11 is 0. The van der Waals surface area contributed by atoms with Gasteiger partial charge in [-0.1, -0.05) is 6.07 Å². The highest BCUT2D eigenvalue weighted by atomic mass is 16.3. The monoisotopic (exact) mass is 274 g/mol. The average molecular weight is 274 g/mol. The van der Waals surface area contributed by atoms with Crippen LogP contribution in [0, 0.1) is 6.92 Å². The SMILES string of the molecule is Cc1cccc[n+]1CC(=O)NC(=O)NCc1ccco1. The van der Waals surface area contributed by atoms with Crippen molar-refractivity contribution in [1.29, 1.82) is 0 Å². The van der Waals surface area contributed by atoms with Gasteiger partial charge in [0.1, 0.15) is 5.76 Å². The van der Waals surface area contributed by atoms with Crippen LogP contribution in [0.2, 0.25) is 0 Å². The maximum absolute atomic E-state index is 11.7. The Bertz CT molecular complexity index is 593. The van der Waals surface area contributed by atoms with Crippen LogP contribution in [-0.2, 0) is 17.9 Å². The lowest BCUT2D eigenvalue weighted by Gasteiger charge is -2.04. The molecule has 0 aliphatic carbocycles. The number of nitrogens with zero attached hydrogens (tertiary/aromatic N) is 1. The number of carbonyl (C=O) groups excluding carboxylic acids is 2. The van der Waals surface area contributed by atoms with E-state index >= 15 is 0 Å². The lowest BCUT2D eigenvalue weighted by molar-refractivity contribution is -0.690. The van der Waals surface area contributed by atoms with E-state index in [1.165, 1.54) is 6.26 Å². The Kier molecular flexibility index (Phi) is 4.49. The number of pyridine rings is 1. The van der Waals surface area contributed by atoms with Crippen molar-refractivity contribution >= 4 is 11.9 Å². The van der Waals surface area contributed by atoms with Gasteiger partial charge in [0, 0.05) is 19.1 Å². The number of imide groups is 1. The molecule has 2 aromatic rings. The summed E-state index contributed by atoms with van der Waals surface area (Å²) in [4.78, 5) is 23.3. The lowest BCUT2D eigenvalue weighted by Crippen LogP contribution is -2.48. The molecule has 0 unspecified atom stereocenters. The van der Waals surface area contributed by atoms with Crippen molar-refractivity contribution in [3.63, 3.8) is 0 Å². The third-order valence-electron chi connectivity index (χ3n) is 2.74. The predicted octanol–water partition coefficient (Wildman–Crippen LogP) is 0.902. The summed E-state index contributed by atoms with van der Waals surface area (Å²) in [6.45, 7) is 2.23. The summed E-state index contributed by atoms with van der Waals surface area (Å²) in [7, 11) is 0. The molecule has 2 N–H and O–H groups in total. The van der Waals surface area contributed by atoms with Gasteiger partial charge in [-0.15, -0.1) is 0 Å². The number of urea groups is 1. The number of amides is 3. The molecule has 0 bridgehead atoms. The Hall–Kier alpha value is -2.63. The maximum Gasteiger partial charge on any atom is 0.322 e. The van der Waals surface area contributed by atoms with Gasteiger partial charge in [0.2, 0.25) is 6.54 Å². The van der Waals surface area contributed by atoms with Gasteiger partial charge in [0.05, 0.1) is 12.8 Å². The Morgan fingerprint density at radius 1 is 1.25 bits per heavy atom. The number of hydrogen-bond donors (Lipinski definition) is 2. The van der Waals surface area contributed by atoms with Crippen LogP contribution in [0.3, 0.4) is 0 Å². The van der Waals surface area contributed by atoms with Gasteiger partial charge < -0.3 is 9.73 Å². The van der Waals surface area contributed by atoms with Crippen LogP contribution in [-0.4, -0.2) is 11.9 Å². The molecule has 104 valence electrons. The van der Waals surface area contributed by atoms with Crippen molar-refractivity contribution in [3.8, 4) is 0 Å². The van der Waals surface area contributed by atoms with Gasteiger partial charge in [-0.05, 0) is 12.1 Å². The van der Waals surface area contributed by atoms with Gasteiger partial charge in [-0.3, -0.25) is 10.1 Å². The molecule has 0 fully saturated rings. The molecule has 2 rings (SSSR count). The second-order valence-electron chi connectivity index (χ2n) is 4.28. The van der Waals surface area contributed by atoms with E-state index in [2.05, 4.69) is 10.6 Å². The minimum Gasteiger partial charge on any atom is -0.467 e. The van der Waals surface area contributed by atoms with E-state index in [-0.39, 0.29) is 19.0 Å². The van der Waals surface area contributed by atoms with Crippen LogP contribution in [0.25, 0.3) is 0 Å². The third kappa shape index (κ3) is 3.94. The largest absolute Gasteiger partial charge is 0.467 e. The molecule has 6 heteroatoms. The zero-order chi connectivity index (χ0) is 14.4. The molecule has 0 atom stereocenters. The molecule has 0 radical (unpaired) electrons. The maximum atomic E-state index is 11.7. The van der Waals surface area contributed by atoms with E-state index in [9.17, 15) is 9.59 Å². The molecule has 3 amide bonds. The van der Waals surface area contributed by atoms with E-state index in [1.54, 1.807) is 22.9 Å². The molecule has 0 aliphatic heterocycles. The standard InChI is InChI=1S/C14H15N3O3/c1-11-5-2-3-7-17(11)10-13(18)16-14(19)15-9-12-6-4-8-20-12/h2-8H,9-10H2,1H3,(H-,15,16,18,19)/p+1. The normalized spacial score (nSPS) is 10.1. The van der Waals surface area contributed by atoms with E-state index in [0.717, 1.165) is 5.69 Å². The number of furan rings is 1. The molecular weight excluding hydrogens is 258 g/mol. The number of aromatic nitrogens is 1. The smallest absolute Gasteiger partial charge is 0.322 e. The van der Waals surface area contributed by atoms with Gasteiger partial charge in [0.25, 0.3) is 5.91 Å². The molecule has 2 aromatic heterocycles. The number of aryl methyl sites for hydroxylation is 1. The summed E-state index contributed by atoms with van der Waals surface area (Å²) in [6, 6.07) is 8.54. The quantitative estimate of drug-likeness (QED) is 0.813. The first-order valence-electron chi connectivity index (χ1n) is 6.20. The lowest BCUT2D eigenvalue weighted by atomic mass is 10.3. The Morgan fingerprint density at radius 2 is 2.10 bits per heavy atom. The molecule has 20 heavy (non-hydrogen) atoms. The van der Waals surface area contributed by atoms with Crippen molar-refractivity contribution in [2.45, 2.75) is 20.0 Å². The van der Waals surface area contributed by atoms with Crippen molar-refractivity contribution in [3.05, 3.63) is 54.2 Å². The van der Waals surface area contributed by atoms with E-state index < -0.39 is 6.03 Å². The molecule has 6 nitrogen and oxygen atoms in total. The first kappa shape index (κ1) is 13.8. The van der Waals surface area contributed by atoms with E-state index in [1.807, 2.05) is 25.1 Å². The van der Waals surface area contributed by atoms with Gasteiger partial charge >= 0.3 is 6.03 Å². The molecule has 0 aromatic carbocycles. The summed E-state index contributed by atoms with van der Waals surface area (Å²) < 4.78 is 6.83. The fourth-order valence-electron chi connectivity index (χ4n) is 1.68. The molecule has 0 saturated heterocycles. The fourth-order valence-corrected chi connectivity index (χ4v) is 1.68.